The summed E-state index contributed by atoms with van der Waals surface area (Å²) in [7, 11) is 0.125. The summed E-state index contributed by atoms with van der Waals surface area (Å²) in [5.74, 6) is 0. The van der Waals surface area contributed by atoms with Crippen LogP contribution in [0.25, 0.3) is 0 Å². The van der Waals surface area contributed by atoms with Crippen LogP contribution in [-0.2, 0) is 21.7 Å². The second-order valence-corrected chi connectivity index (χ2v) is 3.96. The molecule has 0 amide bonds. The average molecular weight is 269 g/mol. The molecule has 2 aromatic rings. The van der Waals surface area contributed by atoms with E-state index < -0.39 is 0 Å². The van der Waals surface area contributed by atoms with E-state index in [1.165, 1.54) is 5.46 Å². The summed E-state index contributed by atoms with van der Waals surface area (Å²) >= 11 is 0. The summed E-state index contributed by atoms with van der Waals surface area (Å²) in [6, 6.07) is 18.7. The number of nitrogens with one attached hydrogen (secondary N) is 1. The third-order valence-electron chi connectivity index (χ3n) is 2.50. The maximum atomic E-state index is 5.50. The van der Waals surface area contributed by atoms with Crippen LogP contribution in [0.1, 0.15) is 6.92 Å². The fourth-order valence-corrected chi connectivity index (χ4v) is 1.67. The predicted octanol–water partition coefficient (Wildman–Crippen LogP) is 1.51. The summed E-state index contributed by atoms with van der Waals surface area (Å²) in [6.45, 7) is 2.94. The van der Waals surface area contributed by atoms with E-state index in [-0.39, 0.29) is 24.1 Å². The predicted molar refractivity (Wildman–Crippen MR) is 68.0 cm³/mol. The number of hydrogen-bond donors (Lipinski definition) is 1. The van der Waals surface area contributed by atoms with Crippen molar-refractivity contribution in [3.8, 4) is 0 Å². The van der Waals surface area contributed by atoms with Crippen LogP contribution in [0.4, 0.5) is 0 Å². The van der Waals surface area contributed by atoms with E-state index in [0.717, 1.165) is 6.61 Å². The van der Waals surface area contributed by atoms with E-state index >= 15 is 0 Å². The summed E-state index contributed by atoms with van der Waals surface area (Å²) in [5, 5.41) is 3.33. The van der Waals surface area contributed by atoms with Crippen molar-refractivity contribution in [1.29, 1.82) is 0 Å². The average Bonchev–Trinajstić information content (AvgIpc) is 3.03. The van der Waals surface area contributed by atoms with Crippen LogP contribution in [0.5, 0.6) is 0 Å². The molecule has 1 N–H and O–H groups in total. The Labute approximate surface area is 114 Å². The molecule has 2 aromatic carbocycles. The van der Waals surface area contributed by atoms with Crippen molar-refractivity contribution < 1.29 is 21.7 Å². The Morgan fingerprint density at radius 1 is 1.18 bits per heavy atom. The molecule has 17 heavy (non-hydrogen) atoms. The molecule has 0 radical (unpaired) electrons. The van der Waals surface area contributed by atoms with Gasteiger partial charge in [0.2, 0.25) is 0 Å². The number of hydrogen-bond acceptors (Lipinski definition) is 2. The van der Waals surface area contributed by atoms with Crippen molar-refractivity contribution in [2.24, 2.45) is 0 Å². The van der Waals surface area contributed by atoms with Gasteiger partial charge in [0.1, 0.15) is 0 Å². The second-order valence-electron chi connectivity index (χ2n) is 3.96. The van der Waals surface area contributed by atoms with E-state index in [1.807, 2.05) is 42.5 Å². The van der Waals surface area contributed by atoms with E-state index in [1.54, 1.807) is 0 Å². The van der Waals surface area contributed by atoms with Gasteiger partial charge in [0.25, 0.3) is 0 Å². The van der Waals surface area contributed by atoms with Gasteiger partial charge in [0, 0.05) is 29.7 Å². The first-order valence-electron chi connectivity index (χ1n) is 5.62. The van der Waals surface area contributed by atoms with Crippen LogP contribution < -0.4 is 10.7 Å². The fourth-order valence-electron chi connectivity index (χ4n) is 1.67. The molecule has 4 heteroatoms. The van der Waals surface area contributed by atoms with Crippen LogP contribution >= 0.6 is 0 Å². The molecule has 1 saturated heterocycles. The largest absolute Gasteiger partial charge is 0.748 e. The molecule has 1 heterocycles. The van der Waals surface area contributed by atoms with Gasteiger partial charge in [-0.2, -0.15) is 12.1 Å². The van der Waals surface area contributed by atoms with Crippen LogP contribution in [0.2, 0.25) is 0 Å². The molecular weight excluding hydrogens is 253 g/mol. The zero-order chi connectivity index (χ0) is 11.2. The van der Waals surface area contributed by atoms with E-state index in [9.17, 15) is 0 Å². The Kier molecular flexibility index (Phi) is 6.31. The molecule has 1 fully saturated rings. The molecule has 1 atom stereocenters. The van der Waals surface area contributed by atoms with Gasteiger partial charge in [-0.25, -0.2) is 12.1 Å². The van der Waals surface area contributed by atoms with Crippen LogP contribution in [0.3, 0.4) is 0 Å². The maximum Gasteiger partial charge on any atom is 0.341 e. The van der Waals surface area contributed by atoms with E-state index in [4.69, 9.17) is 4.65 Å². The molecule has 1 aliphatic heterocycles. The molecule has 0 bridgehead atoms. The zero-order valence-electron chi connectivity index (χ0n) is 9.82. The minimum Gasteiger partial charge on any atom is -0.748 e. The Balaban J connectivity index is 0.000000205. The van der Waals surface area contributed by atoms with Gasteiger partial charge in [-0.1, -0.05) is 0 Å². The van der Waals surface area contributed by atoms with Gasteiger partial charge < -0.3 is 40.2 Å². The van der Waals surface area contributed by atoms with Gasteiger partial charge in [-0.15, -0.1) is 5.46 Å². The Morgan fingerprint density at radius 2 is 1.71 bits per heavy atom. The second kappa shape index (κ2) is 7.51. The minimum absolute atomic E-state index is 0. The quantitative estimate of drug-likeness (QED) is 0.626. The van der Waals surface area contributed by atoms with Crippen molar-refractivity contribution in [2.75, 3.05) is 6.61 Å². The van der Waals surface area contributed by atoms with Crippen LogP contribution in [0, 0.1) is 0 Å². The molecule has 1 unspecified atom stereocenters. The zero-order valence-corrected chi connectivity index (χ0v) is 10.9. The third kappa shape index (κ3) is 4.53. The molecule has 0 saturated carbocycles. The van der Waals surface area contributed by atoms with Gasteiger partial charge in [0.05, 0.1) is 0 Å². The third-order valence-corrected chi connectivity index (χ3v) is 2.50. The standard InChI is InChI=1S/C8H11BNO.C5H5.Fe/c1-7-6-11-9(10-7)8-4-2-3-5-8;1-2-4-5-3-1;/h2-5,7,10H,6H2,1H3;1-5H;/q-1;-5;. The SMILES string of the molecule is CC1COB([c-]2cccc2)N1.[Fe].[cH-]1[cH-][cH-][cH-][cH-]1. The first kappa shape index (κ1) is 14.3. The van der Waals surface area contributed by atoms with Crippen molar-refractivity contribution >= 4 is 12.5 Å². The van der Waals surface area contributed by atoms with Gasteiger partial charge in [-0.05, 0) is 6.92 Å². The Morgan fingerprint density at radius 3 is 2.12 bits per heavy atom. The van der Waals surface area contributed by atoms with E-state index in [2.05, 4.69) is 24.3 Å². The molecule has 0 spiro atoms. The Bertz CT molecular complexity index is 357. The summed E-state index contributed by atoms with van der Waals surface area (Å²) in [5.41, 5.74) is 1.23. The molecule has 3 rings (SSSR count). The van der Waals surface area contributed by atoms with Crippen molar-refractivity contribution in [2.45, 2.75) is 13.0 Å². The monoisotopic (exact) mass is 269 g/mol. The van der Waals surface area contributed by atoms with Crippen molar-refractivity contribution in [3.63, 3.8) is 0 Å². The fraction of sp³-hybridized carbons (Fsp3) is 0.231. The normalized spacial score (nSPS) is 18.2. The Hall–Kier alpha value is -0.796. The van der Waals surface area contributed by atoms with Crippen LogP contribution in [0.15, 0.2) is 54.6 Å². The number of rotatable bonds is 1. The smallest absolute Gasteiger partial charge is 0.341 e. The first-order chi connectivity index (χ1) is 7.86. The van der Waals surface area contributed by atoms with Gasteiger partial charge >= 0.3 is 7.05 Å². The van der Waals surface area contributed by atoms with Gasteiger partial charge in [-0.3, -0.25) is 0 Å². The minimum atomic E-state index is 0. The van der Waals surface area contributed by atoms with Crippen LogP contribution in [-0.4, -0.2) is 19.7 Å². The summed E-state index contributed by atoms with van der Waals surface area (Å²) in [4.78, 5) is 0. The first-order valence-corrected chi connectivity index (χ1v) is 5.62. The van der Waals surface area contributed by atoms with Crippen molar-refractivity contribution in [1.82, 2.24) is 5.23 Å². The maximum absolute atomic E-state index is 5.50. The molecule has 0 aliphatic carbocycles. The molecule has 0 aromatic heterocycles. The van der Waals surface area contributed by atoms with Crippen molar-refractivity contribution in [3.05, 3.63) is 54.6 Å². The molecule has 1 aliphatic rings. The molecular formula is C13H16BFeNO-6. The summed E-state index contributed by atoms with van der Waals surface area (Å²) < 4.78 is 5.50. The molecule has 2 nitrogen and oxygen atoms in total. The summed E-state index contributed by atoms with van der Waals surface area (Å²) in [6.07, 6.45) is 0. The van der Waals surface area contributed by atoms with E-state index in [0.29, 0.717) is 6.04 Å². The van der Waals surface area contributed by atoms with Gasteiger partial charge in [0.15, 0.2) is 0 Å². The molecule has 96 valence electrons. The topological polar surface area (TPSA) is 21.3 Å².